The van der Waals surface area contributed by atoms with Gasteiger partial charge in [-0.05, 0) is 32.1 Å². The molecule has 0 heterocycles. The zero-order valence-corrected chi connectivity index (χ0v) is 25.4. The summed E-state index contributed by atoms with van der Waals surface area (Å²) in [5.74, 6) is 0. The van der Waals surface area contributed by atoms with Crippen molar-refractivity contribution in [2.24, 2.45) is 0 Å². The van der Waals surface area contributed by atoms with E-state index in [-0.39, 0.29) is 118 Å². The molecule has 0 bridgehead atoms. The standard InChI is InChI=1S/2C2H4O6P2.4Na/c2*1-2(7-9(3)4)8-10(5)6;;;;/h2*2H,1H3;;;;/q;;4*+1. The fourth-order valence-electron chi connectivity index (χ4n) is 0.523. The van der Waals surface area contributed by atoms with Crippen molar-refractivity contribution in [1.29, 1.82) is 0 Å². The molecule has 0 saturated carbocycles. The quantitative estimate of drug-likeness (QED) is 0.187. The van der Waals surface area contributed by atoms with E-state index in [9.17, 15) is 37.8 Å². The monoisotopic (exact) mass is 464 g/mol. The molecule has 0 N–H and O–H groups in total. The molecule has 116 valence electrons. The average molecular weight is 464 g/mol. The van der Waals surface area contributed by atoms with Crippen LogP contribution in [0.1, 0.15) is 13.8 Å². The van der Waals surface area contributed by atoms with Crippen molar-refractivity contribution in [2.75, 3.05) is 0 Å². The zero-order chi connectivity index (χ0) is 16.3. The normalized spacial score (nSPS) is 13.6. The Labute approximate surface area is 230 Å². The fourth-order valence-corrected chi connectivity index (χ4v) is 1.80. The van der Waals surface area contributed by atoms with Crippen LogP contribution >= 0.6 is 33.0 Å². The number of rotatable bonds is 8. The van der Waals surface area contributed by atoms with E-state index in [0.717, 1.165) is 13.8 Å². The molecule has 0 aliphatic carbocycles. The summed E-state index contributed by atoms with van der Waals surface area (Å²) in [6.07, 6.45) is -2.55. The molecular formula is C4H8Na4O12P4+4. The molecule has 0 spiro atoms. The summed E-state index contributed by atoms with van der Waals surface area (Å²) in [6, 6.07) is 0. The SMILES string of the molecule is CC(O[P+](=O)[O-])O[P+](=O)[O-].CC(O[P+](=O)[O-])O[P+](=O)[O-].[Na+].[Na+].[Na+].[Na+]. The van der Waals surface area contributed by atoms with Gasteiger partial charge in [0.2, 0.25) is 0 Å². The van der Waals surface area contributed by atoms with E-state index in [1.165, 1.54) is 0 Å². The summed E-state index contributed by atoms with van der Waals surface area (Å²) in [7, 11) is -12.3. The Morgan fingerprint density at radius 1 is 0.542 bits per heavy atom. The summed E-state index contributed by atoms with van der Waals surface area (Å²) in [5.41, 5.74) is 0. The first-order chi connectivity index (χ1) is 9.04. The summed E-state index contributed by atoms with van der Waals surface area (Å²) in [5, 5.41) is 0. The summed E-state index contributed by atoms with van der Waals surface area (Å²) >= 11 is 0. The largest absolute Gasteiger partial charge is 1.00 e. The van der Waals surface area contributed by atoms with Crippen LogP contribution in [-0.2, 0) is 36.4 Å². The molecule has 0 radical (unpaired) electrons. The number of hydrogen-bond acceptors (Lipinski definition) is 12. The van der Waals surface area contributed by atoms with Crippen LogP contribution in [0.4, 0.5) is 0 Å². The average Bonchev–Trinajstić information content (AvgIpc) is 2.11. The molecule has 24 heavy (non-hydrogen) atoms. The van der Waals surface area contributed by atoms with Crippen LogP contribution in [0.2, 0.25) is 0 Å². The Hall–Kier alpha value is 4.08. The van der Waals surface area contributed by atoms with Crippen LogP contribution < -0.4 is 138 Å². The topological polar surface area (TPSA) is 197 Å². The zero-order valence-electron chi connectivity index (χ0n) is 13.8. The van der Waals surface area contributed by atoms with Crippen molar-refractivity contribution in [3.8, 4) is 0 Å². The van der Waals surface area contributed by atoms with Gasteiger partial charge in [0, 0.05) is 0 Å². The molecule has 0 aromatic carbocycles. The van der Waals surface area contributed by atoms with Crippen molar-refractivity contribution in [3.63, 3.8) is 0 Å². The van der Waals surface area contributed by atoms with Crippen LogP contribution in [0.15, 0.2) is 0 Å². The molecular weight excluding hydrogens is 456 g/mol. The second-order valence-electron chi connectivity index (χ2n) is 2.45. The predicted molar refractivity (Wildman–Crippen MR) is 53.7 cm³/mol. The molecule has 12 nitrogen and oxygen atoms in total. The van der Waals surface area contributed by atoms with Gasteiger partial charge in [-0.1, -0.05) is 0 Å². The molecule has 0 aliphatic heterocycles. The van der Waals surface area contributed by atoms with E-state index >= 15 is 0 Å². The summed E-state index contributed by atoms with van der Waals surface area (Å²) in [6.45, 7) is 2.30. The van der Waals surface area contributed by atoms with Crippen LogP contribution in [0.25, 0.3) is 0 Å². The second-order valence-corrected chi connectivity index (χ2v) is 5.08. The molecule has 0 fully saturated rings. The Balaban J connectivity index is -0.0000000579. The minimum atomic E-state index is -3.06. The maximum Gasteiger partial charge on any atom is 1.00 e. The van der Waals surface area contributed by atoms with Gasteiger partial charge in [0.15, 0.2) is 0 Å². The van der Waals surface area contributed by atoms with Gasteiger partial charge in [0.25, 0.3) is 12.6 Å². The van der Waals surface area contributed by atoms with Gasteiger partial charge in [-0.25, -0.2) is 0 Å². The minimum Gasteiger partial charge on any atom is -0.566 e. The second kappa shape index (κ2) is 27.1. The molecule has 0 amide bonds. The third kappa shape index (κ3) is 40.7. The van der Waals surface area contributed by atoms with Gasteiger partial charge in [-0.3, -0.25) is 0 Å². The van der Waals surface area contributed by atoms with Crippen molar-refractivity contribution < 1.29 is 174 Å². The van der Waals surface area contributed by atoms with Crippen LogP contribution in [0.5, 0.6) is 0 Å². The van der Waals surface area contributed by atoms with E-state index in [4.69, 9.17) is 0 Å². The summed E-state index contributed by atoms with van der Waals surface area (Å²) in [4.78, 5) is 38.9. The predicted octanol–water partition coefficient (Wildman–Crippen LogP) is -13.2. The van der Waals surface area contributed by atoms with Crippen molar-refractivity contribution in [2.45, 2.75) is 26.4 Å². The van der Waals surface area contributed by atoms with E-state index in [1.54, 1.807) is 0 Å². The van der Waals surface area contributed by atoms with E-state index in [0.29, 0.717) is 0 Å². The Bertz CT molecular complexity index is 307. The van der Waals surface area contributed by atoms with Crippen LogP contribution in [0, 0.1) is 0 Å². The van der Waals surface area contributed by atoms with Gasteiger partial charge in [-0.2, -0.15) is 0 Å². The first-order valence-electron chi connectivity index (χ1n) is 4.29. The van der Waals surface area contributed by atoms with E-state index < -0.39 is 45.6 Å². The minimum absolute atomic E-state index is 0. The molecule has 0 saturated heterocycles. The molecule has 0 aliphatic rings. The van der Waals surface area contributed by atoms with Crippen molar-refractivity contribution in [3.05, 3.63) is 0 Å². The Kier molecular flexibility index (Phi) is 47.7. The maximum absolute atomic E-state index is 9.73. The van der Waals surface area contributed by atoms with Gasteiger partial charge in [0.1, 0.15) is 0 Å². The van der Waals surface area contributed by atoms with Gasteiger partial charge < -0.3 is 19.6 Å². The van der Waals surface area contributed by atoms with Gasteiger partial charge in [-0.15, -0.1) is 18.1 Å². The maximum atomic E-state index is 9.73. The first kappa shape index (κ1) is 42.2. The van der Waals surface area contributed by atoms with Crippen LogP contribution in [0.3, 0.4) is 0 Å². The first-order valence-corrected chi connectivity index (χ1v) is 8.67. The van der Waals surface area contributed by atoms with E-state index in [1.807, 2.05) is 0 Å². The van der Waals surface area contributed by atoms with Gasteiger partial charge >= 0.3 is 151 Å². The number of hydrogen-bond donors (Lipinski definition) is 0. The molecule has 0 aromatic rings. The molecule has 0 rings (SSSR count). The Morgan fingerprint density at radius 3 is 0.750 bits per heavy atom. The third-order valence-electron chi connectivity index (χ3n) is 0.938. The van der Waals surface area contributed by atoms with Crippen molar-refractivity contribution in [1.82, 2.24) is 0 Å². The van der Waals surface area contributed by atoms with Crippen LogP contribution in [-0.4, -0.2) is 12.6 Å². The fraction of sp³-hybridized carbons (Fsp3) is 1.00. The Morgan fingerprint density at radius 2 is 0.667 bits per heavy atom. The summed E-state index contributed by atoms with van der Waals surface area (Å²) < 4.78 is 54.6. The van der Waals surface area contributed by atoms with E-state index in [2.05, 4.69) is 18.1 Å². The third-order valence-corrected chi connectivity index (χ3v) is 2.81. The van der Waals surface area contributed by atoms with Gasteiger partial charge in [0.05, 0.1) is 0 Å². The molecule has 4 atom stereocenters. The molecule has 0 aromatic heterocycles. The van der Waals surface area contributed by atoms with Crippen molar-refractivity contribution >= 4 is 33.0 Å². The smallest absolute Gasteiger partial charge is 0.566 e. The molecule has 20 heteroatoms. The molecule has 4 unspecified atom stereocenters.